The lowest BCUT2D eigenvalue weighted by Crippen LogP contribution is -2.54. The van der Waals surface area contributed by atoms with Crippen LogP contribution in [-0.2, 0) is 19.2 Å². The molecule has 2 fully saturated rings. The number of aliphatic carboxylic acids is 2. The molecule has 9 heteroatoms. The third kappa shape index (κ3) is 4.68. The van der Waals surface area contributed by atoms with E-state index in [0.29, 0.717) is 38.6 Å². The molecule has 0 unspecified atom stereocenters. The Bertz CT molecular complexity index is 552. The maximum absolute atomic E-state index is 12.5. The van der Waals surface area contributed by atoms with E-state index >= 15 is 0 Å². The van der Waals surface area contributed by atoms with E-state index < -0.39 is 41.9 Å². The summed E-state index contributed by atoms with van der Waals surface area (Å²) in [5, 5.41) is 21.1. The molecule has 2 amide bonds. The number of nitrogens with zero attached hydrogens (tertiary/aromatic N) is 1. The number of carboxylic acid groups (broad SMARTS) is 2. The van der Waals surface area contributed by atoms with Crippen molar-refractivity contribution in [1.29, 1.82) is 0 Å². The largest absolute Gasteiger partial charge is 0.481 e. The lowest BCUT2D eigenvalue weighted by molar-refractivity contribution is -0.146. The second-order valence-electron chi connectivity index (χ2n) is 6.75. The topological polar surface area (TPSA) is 150 Å². The summed E-state index contributed by atoms with van der Waals surface area (Å²) in [6.45, 7) is 0.417. The molecule has 0 radical (unpaired) electrons. The highest BCUT2D eigenvalue weighted by Crippen LogP contribution is 2.22. The molecular weight excluding hydrogens is 330 g/mol. The molecule has 25 heavy (non-hydrogen) atoms. The molecule has 0 aromatic heterocycles. The Morgan fingerprint density at radius 2 is 1.72 bits per heavy atom. The second kappa shape index (κ2) is 8.28. The Morgan fingerprint density at radius 1 is 1.04 bits per heavy atom. The van der Waals surface area contributed by atoms with Gasteiger partial charge in [0.25, 0.3) is 0 Å². The average molecular weight is 355 g/mol. The summed E-state index contributed by atoms with van der Waals surface area (Å²) >= 11 is 0. The normalized spacial score (nSPS) is 32.0. The van der Waals surface area contributed by atoms with Crippen molar-refractivity contribution in [2.24, 2.45) is 11.7 Å². The van der Waals surface area contributed by atoms with Crippen molar-refractivity contribution in [2.45, 2.75) is 63.1 Å². The molecule has 2 saturated heterocycles. The monoisotopic (exact) mass is 355 g/mol. The highest BCUT2D eigenvalue weighted by atomic mass is 16.4. The maximum Gasteiger partial charge on any atom is 0.326 e. The highest BCUT2D eigenvalue weighted by Gasteiger charge is 2.38. The zero-order chi connectivity index (χ0) is 18.6. The fourth-order valence-corrected chi connectivity index (χ4v) is 3.51. The van der Waals surface area contributed by atoms with Crippen molar-refractivity contribution in [3.8, 4) is 0 Å². The number of carbonyl (C=O) groups is 4. The van der Waals surface area contributed by atoms with Crippen LogP contribution >= 0.6 is 0 Å². The predicted molar refractivity (Wildman–Crippen MR) is 86.5 cm³/mol. The molecule has 140 valence electrons. The third-order valence-corrected chi connectivity index (χ3v) is 4.96. The molecule has 2 rings (SSSR count). The van der Waals surface area contributed by atoms with E-state index in [1.807, 2.05) is 0 Å². The number of carbonyl (C=O) groups excluding carboxylic acids is 2. The van der Waals surface area contributed by atoms with Gasteiger partial charge in [0.1, 0.15) is 12.1 Å². The van der Waals surface area contributed by atoms with E-state index in [-0.39, 0.29) is 18.7 Å². The van der Waals surface area contributed by atoms with Crippen LogP contribution in [-0.4, -0.2) is 63.5 Å². The minimum atomic E-state index is -1.29. The Hall–Kier alpha value is -2.16. The average Bonchev–Trinajstić information content (AvgIpc) is 3.03. The molecule has 0 bridgehead atoms. The fraction of sp³-hybridized carbons (Fsp3) is 0.750. The van der Waals surface area contributed by atoms with Crippen LogP contribution in [0.4, 0.5) is 0 Å². The maximum atomic E-state index is 12.5. The van der Waals surface area contributed by atoms with Crippen molar-refractivity contribution >= 4 is 23.8 Å². The summed E-state index contributed by atoms with van der Waals surface area (Å²) in [7, 11) is 0. The molecule has 9 nitrogen and oxygen atoms in total. The fourth-order valence-electron chi connectivity index (χ4n) is 3.51. The van der Waals surface area contributed by atoms with Gasteiger partial charge in [-0.2, -0.15) is 0 Å². The van der Waals surface area contributed by atoms with E-state index in [4.69, 9.17) is 5.73 Å². The molecule has 4 atom stereocenters. The Labute approximate surface area is 145 Å². The molecule has 2 heterocycles. The summed E-state index contributed by atoms with van der Waals surface area (Å²) in [6.07, 6.45) is 2.71. The number of rotatable bonds is 2. The number of nitrogens with one attached hydrogen (secondary N) is 1. The first-order valence-electron chi connectivity index (χ1n) is 8.63. The molecule has 2 aliphatic rings. The summed E-state index contributed by atoms with van der Waals surface area (Å²) < 4.78 is 0. The number of nitrogens with two attached hydrogens (primary N) is 1. The van der Waals surface area contributed by atoms with Gasteiger partial charge in [-0.05, 0) is 32.1 Å². The van der Waals surface area contributed by atoms with Gasteiger partial charge >= 0.3 is 11.9 Å². The Balaban J connectivity index is 2.24. The van der Waals surface area contributed by atoms with Crippen LogP contribution in [0.5, 0.6) is 0 Å². The van der Waals surface area contributed by atoms with Crippen LogP contribution in [0.25, 0.3) is 0 Å². The van der Waals surface area contributed by atoms with E-state index in [1.54, 1.807) is 0 Å². The van der Waals surface area contributed by atoms with Gasteiger partial charge in [0.05, 0.1) is 12.0 Å². The number of carboxylic acids is 2. The zero-order valence-electron chi connectivity index (χ0n) is 14.0. The van der Waals surface area contributed by atoms with Gasteiger partial charge in [-0.15, -0.1) is 0 Å². The standard InChI is InChI=1S/C16H25N3O6/c17-10-5-2-1-4-9(15(22)23)8-11(16(24)25)18-13(20)12-6-3-7-19(12)14(10)21/h9-12H,1-8,17H2,(H,18,20)(H,22,23)(H,24,25)/t9-,10+,11+,12+/m1/s1. The number of amides is 2. The van der Waals surface area contributed by atoms with E-state index in [2.05, 4.69) is 5.32 Å². The summed E-state index contributed by atoms with van der Waals surface area (Å²) in [5.74, 6) is -4.10. The Kier molecular flexibility index (Phi) is 6.35. The van der Waals surface area contributed by atoms with Crippen molar-refractivity contribution in [2.75, 3.05) is 6.54 Å². The minimum Gasteiger partial charge on any atom is -0.481 e. The SMILES string of the molecule is N[C@H]1CCCC[C@@H](C(=O)O)C[C@@H](C(=O)O)NC(=O)[C@@H]2CCCN2C1=O. The molecule has 0 aromatic carbocycles. The van der Waals surface area contributed by atoms with Crippen LogP contribution in [0.3, 0.4) is 0 Å². The molecule has 0 aromatic rings. The molecule has 0 aliphatic carbocycles. The van der Waals surface area contributed by atoms with Crippen molar-refractivity contribution in [1.82, 2.24) is 10.2 Å². The van der Waals surface area contributed by atoms with Crippen LogP contribution in [0.2, 0.25) is 0 Å². The van der Waals surface area contributed by atoms with Gasteiger partial charge in [0, 0.05) is 6.54 Å². The lowest BCUT2D eigenvalue weighted by atomic mass is 9.93. The molecule has 5 N–H and O–H groups in total. The van der Waals surface area contributed by atoms with Crippen molar-refractivity contribution < 1.29 is 29.4 Å². The first-order chi connectivity index (χ1) is 11.8. The van der Waals surface area contributed by atoms with Crippen LogP contribution < -0.4 is 11.1 Å². The minimum absolute atomic E-state index is 0.177. The van der Waals surface area contributed by atoms with E-state index in [9.17, 15) is 29.4 Å². The third-order valence-electron chi connectivity index (χ3n) is 4.96. The smallest absolute Gasteiger partial charge is 0.326 e. The van der Waals surface area contributed by atoms with E-state index in [1.165, 1.54) is 4.90 Å². The van der Waals surface area contributed by atoms with Crippen LogP contribution in [0.15, 0.2) is 0 Å². The second-order valence-corrected chi connectivity index (χ2v) is 6.75. The van der Waals surface area contributed by atoms with Gasteiger partial charge in [0.2, 0.25) is 11.8 Å². The zero-order valence-corrected chi connectivity index (χ0v) is 14.0. The first kappa shape index (κ1) is 19.2. The van der Waals surface area contributed by atoms with Crippen LogP contribution in [0, 0.1) is 5.92 Å². The quantitative estimate of drug-likeness (QED) is 0.523. The van der Waals surface area contributed by atoms with Gasteiger partial charge in [0.15, 0.2) is 0 Å². The molecule has 2 aliphatic heterocycles. The van der Waals surface area contributed by atoms with Crippen molar-refractivity contribution in [3.05, 3.63) is 0 Å². The summed E-state index contributed by atoms with van der Waals surface area (Å²) in [5.41, 5.74) is 5.94. The molecule has 0 saturated carbocycles. The molecular formula is C16H25N3O6. The highest BCUT2D eigenvalue weighted by molar-refractivity contribution is 5.92. The van der Waals surface area contributed by atoms with Gasteiger partial charge < -0.3 is 26.2 Å². The van der Waals surface area contributed by atoms with Crippen LogP contribution in [0.1, 0.15) is 44.9 Å². The summed E-state index contributed by atoms with van der Waals surface area (Å²) in [6, 6.07) is -2.77. The van der Waals surface area contributed by atoms with Gasteiger partial charge in [-0.1, -0.05) is 12.8 Å². The number of hydrogen-bond acceptors (Lipinski definition) is 5. The Morgan fingerprint density at radius 3 is 2.36 bits per heavy atom. The molecule has 0 spiro atoms. The van der Waals surface area contributed by atoms with E-state index in [0.717, 1.165) is 0 Å². The number of fused-ring (bicyclic) bond motifs is 1. The predicted octanol–water partition coefficient (Wildman–Crippen LogP) is -0.461. The number of hydrogen-bond donors (Lipinski definition) is 4. The van der Waals surface area contributed by atoms with Gasteiger partial charge in [-0.3, -0.25) is 14.4 Å². The lowest BCUT2D eigenvalue weighted by Gasteiger charge is -2.27. The first-order valence-corrected chi connectivity index (χ1v) is 8.63. The van der Waals surface area contributed by atoms with Crippen molar-refractivity contribution in [3.63, 3.8) is 0 Å². The summed E-state index contributed by atoms with van der Waals surface area (Å²) in [4.78, 5) is 49.2. The van der Waals surface area contributed by atoms with Gasteiger partial charge in [-0.25, -0.2) is 4.79 Å².